The molecule has 0 saturated heterocycles. The summed E-state index contributed by atoms with van der Waals surface area (Å²) in [6.07, 6.45) is 1.65. The van der Waals surface area contributed by atoms with Gasteiger partial charge in [0.2, 0.25) is 0 Å². The molecule has 0 saturated carbocycles. The Balaban J connectivity index is 2.14. The minimum atomic E-state index is -0.102. The number of nitrogens with zero attached hydrogens (tertiary/aromatic N) is 2. The molecule has 110 valence electrons. The highest BCUT2D eigenvalue weighted by Crippen LogP contribution is 2.21. The van der Waals surface area contributed by atoms with Crippen LogP contribution in [0.25, 0.3) is 0 Å². The standard InChI is InChI=1S/C16H18BrN3O/c1-11(12-4-6-13(17)7-5-12)19-14-8-9-18-15(10-14)16(21)20(2)3/h4-11H,1-3H3,(H,18,19). The van der Waals surface area contributed by atoms with Crippen molar-refractivity contribution < 1.29 is 4.79 Å². The van der Waals surface area contributed by atoms with Gasteiger partial charge >= 0.3 is 0 Å². The summed E-state index contributed by atoms with van der Waals surface area (Å²) in [5, 5.41) is 3.39. The summed E-state index contributed by atoms with van der Waals surface area (Å²) in [5.74, 6) is -0.102. The van der Waals surface area contributed by atoms with E-state index in [-0.39, 0.29) is 11.9 Å². The van der Waals surface area contributed by atoms with E-state index in [9.17, 15) is 4.79 Å². The Morgan fingerprint density at radius 2 is 1.90 bits per heavy atom. The highest BCUT2D eigenvalue weighted by atomic mass is 79.9. The van der Waals surface area contributed by atoms with Gasteiger partial charge in [-0.1, -0.05) is 28.1 Å². The first kappa shape index (κ1) is 15.5. The lowest BCUT2D eigenvalue weighted by atomic mass is 10.1. The van der Waals surface area contributed by atoms with Crippen LogP contribution >= 0.6 is 15.9 Å². The maximum absolute atomic E-state index is 11.9. The first-order valence-electron chi connectivity index (χ1n) is 6.67. The van der Waals surface area contributed by atoms with E-state index in [4.69, 9.17) is 0 Å². The highest BCUT2D eigenvalue weighted by molar-refractivity contribution is 9.10. The summed E-state index contributed by atoms with van der Waals surface area (Å²) in [5.41, 5.74) is 2.49. The molecule has 0 radical (unpaired) electrons. The molecule has 0 aliphatic rings. The number of nitrogens with one attached hydrogen (secondary N) is 1. The quantitative estimate of drug-likeness (QED) is 0.916. The van der Waals surface area contributed by atoms with Crippen molar-refractivity contribution in [1.29, 1.82) is 0 Å². The van der Waals surface area contributed by atoms with Gasteiger partial charge in [0.25, 0.3) is 5.91 Å². The van der Waals surface area contributed by atoms with Gasteiger partial charge in [0, 0.05) is 36.5 Å². The fourth-order valence-corrected chi connectivity index (χ4v) is 2.22. The van der Waals surface area contributed by atoms with Crippen LogP contribution in [0.3, 0.4) is 0 Å². The van der Waals surface area contributed by atoms with Gasteiger partial charge in [-0.25, -0.2) is 0 Å². The number of benzene rings is 1. The van der Waals surface area contributed by atoms with E-state index in [2.05, 4.69) is 45.3 Å². The molecule has 0 bridgehead atoms. The monoisotopic (exact) mass is 347 g/mol. The fourth-order valence-electron chi connectivity index (χ4n) is 1.95. The van der Waals surface area contributed by atoms with E-state index in [1.807, 2.05) is 18.2 Å². The Bertz CT molecular complexity index is 626. The Morgan fingerprint density at radius 3 is 2.52 bits per heavy atom. The van der Waals surface area contributed by atoms with Crippen LogP contribution in [-0.2, 0) is 0 Å². The van der Waals surface area contributed by atoms with E-state index in [0.717, 1.165) is 10.2 Å². The summed E-state index contributed by atoms with van der Waals surface area (Å²) in [6, 6.07) is 11.9. The van der Waals surface area contributed by atoms with E-state index in [1.165, 1.54) is 10.5 Å². The van der Waals surface area contributed by atoms with Crippen molar-refractivity contribution in [2.45, 2.75) is 13.0 Å². The van der Waals surface area contributed by atoms with Gasteiger partial charge in [0.1, 0.15) is 5.69 Å². The number of anilines is 1. The first-order valence-corrected chi connectivity index (χ1v) is 7.46. The van der Waals surface area contributed by atoms with Crippen LogP contribution in [0, 0.1) is 0 Å². The lowest BCUT2D eigenvalue weighted by molar-refractivity contribution is 0.0822. The number of rotatable bonds is 4. The molecule has 0 aliphatic carbocycles. The average Bonchev–Trinajstić information content (AvgIpc) is 2.47. The Labute approximate surface area is 133 Å². The zero-order valence-corrected chi connectivity index (χ0v) is 13.9. The van der Waals surface area contributed by atoms with Gasteiger partial charge < -0.3 is 10.2 Å². The Morgan fingerprint density at radius 1 is 1.24 bits per heavy atom. The second kappa shape index (κ2) is 6.72. The molecule has 21 heavy (non-hydrogen) atoms. The fraction of sp³-hybridized carbons (Fsp3) is 0.250. The molecule has 4 nitrogen and oxygen atoms in total. The zero-order valence-electron chi connectivity index (χ0n) is 12.3. The number of hydrogen-bond acceptors (Lipinski definition) is 3. The number of aromatic nitrogens is 1. The minimum absolute atomic E-state index is 0.102. The predicted molar refractivity (Wildman–Crippen MR) is 88.4 cm³/mol. The van der Waals surface area contributed by atoms with Gasteiger partial charge in [-0.15, -0.1) is 0 Å². The van der Waals surface area contributed by atoms with Crippen LogP contribution in [0.15, 0.2) is 47.1 Å². The predicted octanol–water partition coefficient (Wildman–Crippen LogP) is 3.72. The summed E-state index contributed by atoms with van der Waals surface area (Å²) >= 11 is 3.43. The van der Waals surface area contributed by atoms with Crippen molar-refractivity contribution in [2.75, 3.05) is 19.4 Å². The van der Waals surface area contributed by atoms with Crippen molar-refractivity contribution in [2.24, 2.45) is 0 Å². The summed E-state index contributed by atoms with van der Waals surface area (Å²) in [7, 11) is 3.43. The third-order valence-electron chi connectivity index (χ3n) is 3.14. The number of carbonyl (C=O) groups is 1. The number of hydrogen-bond donors (Lipinski definition) is 1. The van der Waals surface area contributed by atoms with Crippen LogP contribution < -0.4 is 5.32 Å². The minimum Gasteiger partial charge on any atom is -0.378 e. The Hall–Kier alpha value is -1.88. The van der Waals surface area contributed by atoms with Gasteiger partial charge in [0.05, 0.1) is 0 Å². The van der Waals surface area contributed by atoms with Crippen LogP contribution in [0.5, 0.6) is 0 Å². The molecule has 0 aliphatic heterocycles. The second-order valence-electron chi connectivity index (χ2n) is 5.05. The smallest absolute Gasteiger partial charge is 0.272 e. The van der Waals surface area contributed by atoms with Crippen LogP contribution in [0.2, 0.25) is 0 Å². The Kier molecular flexibility index (Phi) is 4.96. The maximum Gasteiger partial charge on any atom is 0.272 e. The highest BCUT2D eigenvalue weighted by Gasteiger charge is 2.11. The third kappa shape index (κ3) is 4.04. The normalized spacial score (nSPS) is 11.8. The molecule has 1 amide bonds. The lowest BCUT2D eigenvalue weighted by Crippen LogP contribution is -2.22. The van der Waals surface area contributed by atoms with E-state index >= 15 is 0 Å². The molecule has 1 atom stereocenters. The third-order valence-corrected chi connectivity index (χ3v) is 3.67. The lowest BCUT2D eigenvalue weighted by Gasteiger charge is -2.17. The average molecular weight is 348 g/mol. The molecule has 2 rings (SSSR count). The van der Waals surface area contributed by atoms with Crippen molar-refractivity contribution in [3.05, 3.63) is 58.3 Å². The first-order chi connectivity index (χ1) is 9.97. The van der Waals surface area contributed by atoms with Crippen molar-refractivity contribution in [3.8, 4) is 0 Å². The molecule has 1 N–H and O–H groups in total. The second-order valence-corrected chi connectivity index (χ2v) is 5.96. The van der Waals surface area contributed by atoms with Crippen molar-refractivity contribution >= 4 is 27.5 Å². The molecule has 5 heteroatoms. The summed E-state index contributed by atoms with van der Waals surface area (Å²) < 4.78 is 1.06. The molecule has 1 aromatic heterocycles. The van der Waals surface area contributed by atoms with E-state index in [1.54, 1.807) is 26.4 Å². The molecule has 1 heterocycles. The molecule has 1 unspecified atom stereocenters. The van der Waals surface area contributed by atoms with Gasteiger partial charge in [-0.3, -0.25) is 9.78 Å². The maximum atomic E-state index is 11.9. The zero-order chi connectivity index (χ0) is 15.4. The van der Waals surface area contributed by atoms with Crippen LogP contribution in [-0.4, -0.2) is 29.9 Å². The largest absolute Gasteiger partial charge is 0.378 e. The van der Waals surface area contributed by atoms with E-state index in [0.29, 0.717) is 5.69 Å². The summed E-state index contributed by atoms with van der Waals surface area (Å²) in [4.78, 5) is 17.6. The molecule has 2 aromatic rings. The number of amides is 1. The van der Waals surface area contributed by atoms with E-state index < -0.39 is 0 Å². The topological polar surface area (TPSA) is 45.2 Å². The molecule has 1 aromatic carbocycles. The van der Waals surface area contributed by atoms with Crippen LogP contribution in [0.1, 0.15) is 29.0 Å². The summed E-state index contributed by atoms with van der Waals surface area (Å²) in [6.45, 7) is 2.08. The van der Waals surface area contributed by atoms with Crippen molar-refractivity contribution in [3.63, 3.8) is 0 Å². The molecular weight excluding hydrogens is 330 g/mol. The molecule has 0 spiro atoms. The molecular formula is C16H18BrN3O. The molecule has 0 fully saturated rings. The van der Waals surface area contributed by atoms with Crippen LogP contribution in [0.4, 0.5) is 5.69 Å². The van der Waals surface area contributed by atoms with Gasteiger partial charge in [-0.2, -0.15) is 0 Å². The van der Waals surface area contributed by atoms with Crippen molar-refractivity contribution in [1.82, 2.24) is 9.88 Å². The SMILES string of the molecule is CC(Nc1ccnc(C(=O)N(C)C)c1)c1ccc(Br)cc1. The number of halogens is 1. The number of pyridine rings is 1. The van der Waals surface area contributed by atoms with Gasteiger partial charge in [0.15, 0.2) is 0 Å². The number of carbonyl (C=O) groups excluding carboxylic acids is 1. The van der Waals surface area contributed by atoms with Gasteiger partial charge in [-0.05, 0) is 36.8 Å².